The Morgan fingerprint density at radius 2 is 2.47 bits per heavy atom. The van der Waals surface area contributed by atoms with Crippen LogP contribution in [0.4, 0.5) is 0 Å². The van der Waals surface area contributed by atoms with Crippen LogP contribution in [0.15, 0.2) is 16.2 Å². The summed E-state index contributed by atoms with van der Waals surface area (Å²) >= 11 is 1.50. The minimum atomic E-state index is 0.560. The first-order valence-electron chi connectivity index (χ1n) is 4.86. The van der Waals surface area contributed by atoms with Crippen molar-refractivity contribution in [1.29, 1.82) is 0 Å². The van der Waals surface area contributed by atoms with E-state index in [1.807, 2.05) is 0 Å². The molecule has 0 saturated heterocycles. The average Bonchev–Trinajstić information content (AvgIpc) is 2.78. The van der Waals surface area contributed by atoms with Crippen molar-refractivity contribution in [3.05, 3.63) is 17.5 Å². The predicted octanol–water partition coefficient (Wildman–Crippen LogP) is 1.45. The summed E-state index contributed by atoms with van der Waals surface area (Å²) in [6, 6.07) is 0.662. The lowest BCUT2D eigenvalue weighted by Gasteiger charge is -1.94. The Kier molecular flexibility index (Phi) is 2.22. The minimum Gasteiger partial charge on any atom is -0.333 e. The molecule has 1 aliphatic carbocycles. The summed E-state index contributed by atoms with van der Waals surface area (Å²) in [4.78, 5) is 9.17. The lowest BCUT2D eigenvalue weighted by atomic mass is 10.5. The number of rotatable bonds is 4. The van der Waals surface area contributed by atoms with Crippen LogP contribution in [0.3, 0.4) is 0 Å². The van der Waals surface area contributed by atoms with Crippen LogP contribution >= 0.6 is 11.3 Å². The molecule has 2 aromatic heterocycles. The summed E-state index contributed by atoms with van der Waals surface area (Å²) in [5.74, 6) is 1.27. The smallest absolute Gasteiger partial charge is 0.269 e. The summed E-state index contributed by atoms with van der Waals surface area (Å²) in [5.41, 5.74) is 1.75. The molecule has 0 radical (unpaired) electrons. The highest BCUT2D eigenvalue weighted by atomic mass is 32.1. The van der Waals surface area contributed by atoms with Gasteiger partial charge in [0.25, 0.3) is 5.89 Å². The second-order valence-electron chi connectivity index (χ2n) is 3.54. The molecule has 78 valence electrons. The molecule has 0 spiro atoms. The van der Waals surface area contributed by atoms with Gasteiger partial charge in [-0.05, 0) is 12.8 Å². The zero-order valence-corrected chi connectivity index (χ0v) is 8.83. The van der Waals surface area contributed by atoms with Crippen LogP contribution in [-0.4, -0.2) is 21.2 Å². The van der Waals surface area contributed by atoms with Crippen molar-refractivity contribution in [3.8, 4) is 10.8 Å². The molecule has 0 aliphatic heterocycles. The quantitative estimate of drug-likeness (QED) is 0.848. The molecule has 1 saturated carbocycles. The molecule has 0 unspecified atom stereocenters. The topological polar surface area (TPSA) is 63.8 Å². The van der Waals surface area contributed by atoms with Gasteiger partial charge in [0.15, 0.2) is 5.82 Å². The standard InChI is InChI=1S/C9H10N4OS/c1-2-6(1)11-4-8-12-9(14-13-8)7-3-10-5-15-7/h3,5-6,11H,1-2,4H2. The summed E-state index contributed by atoms with van der Waals surface area (Å²) < 4.78 is 5.13. The van der Waals surface area contributed by atoms with Gasteiger partial charge >= 0.3 is 0 Å². The van der Waals surface area contributed by atoms with Crippen LogP contribution in [-0.2, 0) is 6.54 Å². The van der Waals surface area contributed by atoms with Crippen molar-refractivity contribution in [1.82, 2.24) is 20.4 Å². The summed E-state index contributed by atoms with van der Waals surface area (Å²) in [5, 5.41) is 7.24. The largest absolute Gasteiger partial charge is 0.333 e. The van der Waals surface area contributed by atoms with Gasteiger partial charge in [-0.1, -0.05) is 5.16 Å². The zero-order valence-electron chi connectivity index (χ0n) is 8.01. The lowest BCUT2D eigenvalue weighted by Crippen LogP contribution is -2.16. The van der Waals surface area contributed by atoms with E-state index in [1.165, 1.54) is 24.2 Å². The molecular weight excluding hydrogens is 212 g/mol. The Bertz CT molecular complexity index is 435. The Labute approximate surface area is 90.5 Å². The molecule has 15 heavy (non-hydrogen) atoms. The van der Waals surface area contributed by atoms with E-state index >= 15 is 0 Å². The van der Waals surface area contributed by atoms with Gasteiger partial charge in [0.1, 0.15) is 4.88 Å². The molecule has 1 fully saturated rings. The molecule has 5 nitrogen and oxygen atoms in total. The fourth-order valence-corrected chi connectivity index (χ4v) is 1.81. The van der Waals surface area contributed by atoms with Crippen molar-refractivity contribution in [2.45, 2.75) is 25.4 Å². The van der Waals surface area contributed by atoms with Gasteiger partial charge in [-0.15, -0.1) is 11.3 Å². The van der Waals surface area contributed by atoms with E-state index in [-0.39, 0.29) is 0 Å². The zero-order chi connectivity index (χ0) is 10.1. The van der Waals surface area contributed by atoms with Crippen LogP contribution in [0.1, 0.15) is 18.7 Å². The van der Waals surface area contributed by atoms with Gasteiger partial charge in [-0.3, -0.25) is 4.98 Å². The van der Waals surface area contributed by atoms with Crippen molar-refractivity contribution in [2.24, 2.45) is 0 Å². The van der Waals surface area contributed by atoms with Crippen LogP contribution in [0, 0.1) is 0 Å². The Hall–Kier alpha value is -1.27. The number of hydrogen-bond donors (Lipinski definition) is 1. The van der Waals surface area contributed by atoms with Gasteiger partial charge < -0.3 is 9.84 Å². The molecule has 1 N–H and O–H groups in total. The molecular formula is C9H10N4OS. The SMILES string of the molecule is c1ncc(-c2nc(CNC3CC3)no2)s1. The summed E-state index contributed by atoms with van der Waals surface area (Å²) in [6.07, 6.45) is 4.26. The van der Waals surface area contributed by atoms with Crippen LogP contribution < -0.4 is 5.32 Å². The number of hydrogen-bond acceptors (Lipinski definition) is 6. The first-order chi connectivity index (χ1) is 7.42. The Balaban J connectivity index is 1.69. The number of nitrogens with zero attached hydrogens (tertiary/aromatic N) is 3. The summed E-state index contributed by atoms with van der Waals surface area (Å²) in [7, 11) is 0. The lowest BCUT2D eigenvalue weighted by molar-refractivity contribution is 0.420. The highest BCUT2D eigenvalue weighted by Gasteiger charge is 2.21. The van der Waals surface area contributed by atoms with Gasteiger partial charge in [-0.2, -0.15) is 4.98 Å². The molecule has 6 heteroatoms. The van der Waals surface area contributed by atoms with E-state index in [9.17, 15) is 0 Å². The van der Waals surface area contributed by atoms with E-state index in [2.05, 4.69) is 20.4 Å². The van der Waals surface area contributed by atoms with Crippen molar-refractivity contribution in [3.63, 3.8) is 0 Å². The van der Waals surface area contributed by atoms with Crippen molar-refractivity contribution in [2.75, 3.05) is 0 Å². The van der Waals surface area contributed by atoms with Gasteiger partial charge in [0.05, 0.1) is 18.3 Å². The van der Waals surface area contributed by atoms with Crippen LogP contribution in [0.2, 0.25) is 0 Å². The number of aromatic nitrogens is 3. The number of nitrogens with one attached hydrogen (secondary N) is 1. The fourth-order valence-electron chi connectivity index (χ4n) is 1.27. The molecule has 0 bridgehead atoms. The monoisotopic (exact) mass is 222 g/mol. The highest BCUT2D eigenvalue weighted by molar-refractivity contribution is 7.13. The maximum Gasteiger partial charge on any atom is 0.269 e. The van der Waals surface area contributed by atoms with Crippen LogP contribution in [0.25, 0.3) is 10.8 Å². The Morgan fingerprint density at radius 1 is 1.53 bits per heavy atom. The van der Waals surface area contributed by atoms with Crippen molar-refractivity contribution < 1.29 is 4.52 Å². The molecule has 2 heterocycles. The Morgan fingerprint density at radius 3 is 3.20 bits per heavy atom. The van der Waals surface area contributed by atoms with Gasteiger partial charge in [-0.25, -0.2) is 0 Å². The normalized spacial score (nSPS) is 15.7. The average molecular weight is 222 g/mol. The minimum absolute atomic E-state index is 0.560. The molecule has 0 aromatic carbocycles. The molecule has 3 rings (SSSR count). The molecule has 0 atom stereocenters. The second kappa shape index (κ2) is 3.71. The summed E-state index contributed by atoms with van der Waals surface area (Å²) in [6.45, 7) is 0.687. The van der Waals surface area contributed by atoms with E-state index in [4.69, 9.17) is 4.52 Å². The number of thiazole rings is 1. The third kappa shape index (κ3) is 2.05. The van der Waals surface area contributed by atoms with Crippen LogP contribution in [0.5, 0.6) is 0 Å². The molecule has 0 amide bonds. The third-order valence-corrected chi connectivity index (χ3v) is 3.00. The maximum absolute atomic E-state index is 5.13. The predicted molar refractivity (Wildman–Crippen MR) is 55.3 cm³/mol. The molecule has 1 aliphatic rings. The first kappa shape index (κ1) is 8.99. The van der Waals surface area contributed by atoms with E-state index in [0.717, 1.165) is 4.88 Å². The third-order valence-electron chi connectivity index (χ3n) is 2.24. The van der Waals surface area contributed by atoms with Gasteiger partial charge in [0, 0.05) is 6.04 Å². The van der Waals surface area contributed by atoms with E-state index in [1.54, 1.807) is 11.7 Å². The van der Waals surface area contributed by atoms with Crippen molar-refractivity contribution >= 4 is 11.3 Å². The highest BCUT2D eigenvalue weighted by Crippen LogP contribution is 2.22. The van der Waals surface area contributed by atoms with E-state index < -0.39 is 0 Å². The van der Waals surface area contributed by atoms with Gasteiger partial charge in [0.2, 0.25) is 0 Å². The first-order valence-corrected chi connectivity index (χ1v) is 5.74. The maximum atomic E-state index is 5.13. The van der Waals surface area contributed by atoms with E-state index in [0.29, 0.717) is 24.3 Å². The fraction of sp³-hybridized carbons (Fsp3) is 0.444. The second-order valence-corrected chi connectivity index (χ2v) is 4.42. The molecule has 2 aromatic rings.